The monoisotopic (exact) mass is 380 g/mol. The second kappa shape index (κ2) is 7.75. The fraction of sp³-hybridized carbons (Fsp3) is 0.100. The molecule has 1 aliphatic rings. The topological polar surface area (TPSA) is 113 Å². The van der Waals surface area contributed by atoms with Crippen LogP contribution in [0.3, 0.4) is 0 Å². The van der Waals surface area contributed by atoms with E-state index in [1.807, 2.05) is 0 Å². The molecule has 0 aromatic heterocycles. The van der Waals surface area contributed by atoms with Gasteiger partial charge in [0.15, 0.2) is 0 Å². The molecule has 0 spiro atoms. The van der Waals surface area contributed by atoms with Gasteiger partial charge in [0, 0.05) is 5.56 Å². The van der Waals surface area contributed by atoms with E-state index < -0.39 is 23.8 Å². The van der Waals surface area contributed by atoms with E-state index in [-0.39, 0.29) is 34.7 Å². The highest BCUT2D eigenvalue weighted by atomic mass is 16.5. The Kier molecular flexibility index (Phi) is 5.21. The number of hydrogen-bond acceptors (Lipinski definition) is 6. The van der Waals surface area contributed by atoms with Gasteiger partial charge in [-0.3, -0.25) is 14.9 Å². The largest absolute Gasteiger partial charge is 0.507 e. The van der Waals surface area contributed by atoms with Crippen LogP contribution >= 0.6 is 0 Å². The molecule has 0 bridgehead atoms. The van der Waals surface area contributed by atoms with Crippen LogP contribution in [-0.4, -0.2) is 35.5 Å². The van der Waals surface area contributed by atoms with Crippen LogP contribution in [0.25, 0.3) is 6.08 Å². The summed E-state index contributed by atoms with van der Waals surface area (Å²) in [6.07, 6.45) is 1.21. The maximum Gasteiger partial charge on any atom is 0.338 e. The van der Waals surface area contributed by atoms with Gasteiger partial charge in [-0.25, -0.2) is 14.5 Å². The molecule has 28 heavy (non-hydrogen) atoms. The van der Waals surface area contributed by atoms with Crippen molar-refractivity contribution in [3.8, 4) is 5.75 Å². The lowest BCUT2D eigenvalue weighted by Crippen LogP contribution is -2.54. The minimum absolute atomic E-state index is 0.113. The van der Waals surface area contributed by atoms with Crippen molar-refractivity contribution >= 4 is 35.6 Å². The van der Waals surface area contributed by atoms with Crippen molar-refractivity contribution in [3.05, 3.63) is 65.2 Å². The number of para-hydroxylation sites is 1. The summed E-state index contributed by atoms with van der Waals surface area (Å²) >= 11 is 0. The van der Waals surface area contributed by atoms with Gasteiger partial charge in [0.05, 0.1) is 17.9 Å². The highest BCUT2D eigenvalue weighted by molar-refractivity contribution is 6.39. The summed E-state index contributed by atoms with van der Waals surface area (Å²) in [7, 11) is 0. The number of nitrogens with zero attached hydrogens (tertiary/aromatic N) is 1. The first-order chi connectivity index (χ1) is 13.4. The van der Waals surface area contributed by atoms with E-state index in [2.05, 4.69) is 5.32 Å². The Morgan fingerprint density at radius 1 is 1.11 bits per heavy atom. The second-order valence-electron chi connectivity index (χ2n) is 5.78. The molecule has 1 saturated heterocycles. The van der Waals surface area contributed by atoms with Crippen molar-refractivity contribution < 1.29 is 29.0 Å². The van der Waals surface area contributed by atoms with Crippen LogP contribution in [0.2, 0.25) is 0 Å². The molecule has 2 N–H and O–H groups in total. The zero-order chi connectivity index (χ0) is 20.3. The van der Waals surface area contributed by atoms with E-state index in [1.165, 1.54) is 42.5 Å². The van der Waals surface area contributed by atoms with E-state index in [9.17, 15) is 24.3 Å². The fourth-order valence-corrected chi connectivity index (χ4v) is 2.62. The smallest absolute Gasteiger partial charge is 0.338 e. The van der Waals surface area contributed by atoms with Gasteiger partial charge in [0.1, 0.15) is 11.3 Å². The van der Waals surface area contributed by atoms with Crippen LogP contribution in [-0.2, 0) is 14.3 Å². The van der Waals surface area contributed by atoms with Crippen molar-refractivity contribution in [2.24, 2.45) is 0 Å². The number of carbonyl (C=O) groups excluding carboxylic acids is 4. The lowest BCUT2D eigenvalue weighted by Gasteiger charge is -2.26. The lowest BCUT2D eigenvalue weighted by atomic mass is 10.1. The van der Waals surface area contributed by atoms with Gasteiger partial charge in [-0.05, 0) is 43.3 Å². The quantitative estimate of drug-likeness (QED) is 0.478. The van der Waals surface area contributed by atoms with Crippen LogP contribution in [0.5, 0.6) is 5.75 Å². The number of phenols is 1. The van der Waals surface area contributed by atoms with Crippen LogP contribution in [0.15, 0.2) is 54.1 Å². The normalized spacial score (nSPS) is 15.5. The summed E-state index contributed by atoms with van der Waals surface area (Å²) in [5.41, 5.74) is 0.381. The minimum atomic E-state index is -0.909. The number of urea groups is 1. The molecule has 0 radical (unpaired) electrons. The third-order valence-electron chi connectivity index (χ3n) is 3.97. The Bertz CT molecular complexity index is 994. The molecule has 8 nitrogen and oxygen atoms in total. The Morgan fingerprint density at radius 2 is 1.79 bits per heavy atom. The SMILES string of the molecule is CCOC(=O)c1ccc(N2C(=O)NC(=O)/C(=C\c3ccccc3O)C2=O)cc1. The van der Waals surface area contributed by atoms with Gasteiger partial charge >= 0.3 is 12.0 Å². The van der Waals surface area contributed by atoms with Gasteiger partial charge in [0.2, 0.25) is 0 Å². The first-order valence-corrected chi connectivity index (χ1v) is 8.39. The summed E-state index contributed by atoms with van der Waals surface area (Å²) in [4.78, 5) is 49.6. The third kappa shape index (κ3) is 3.61. The zero-order valence-corrected chi connectivity index (χ0v) is 14.8. The Hall–Kier alpha value is -3.94. The maximum atomic E-state index is 12.8. The Morgan fingerprint density at radius 3 is 2.43 bits per heavy atom. The van der Waals surface area contributed by atoms with E-state index in [1.54, 1.807) is 19.1 Å². The first kappa shape index (κ1) is 18.8. The molecule has 8 heteroatoms. The predicted molar refractivity (Wildman–Crippen MR) is 99.5 cm³/mol. The molecule has 1 aliphatic heterocycles. The predicted octanol–water partition coefficient (Wildman–Crippen LogP) is 2.24. The minimum Gasteiger partial charge on any atom is -0.507 e. The number of aromatic hydroxyl groups is 1. The summed E-state index contributed by atoms with van der Waals surface area (Å²) in [5, 5.41) is 12.0. The second-order valence-corrected chi connectivity index (χ2v) is 5.78. The number of amides is 4. The molecular weight excluding hydrogens is 364 g/mol. The molecule has 3 rings (SSSR count). The maximum absolute atomic E-state index is 12.8. The summed E-state index contributed by atoms with van der Waals surface area (Å²) < 4.78 is 4.89. The van der Waals surface area contributed by atoms with Crippen LogP contribution < -0.4 is 10.2 Å². The number of esters is 1. The average molecular weight is 380 g/mol. The molecule has 4 amide bonds. The van der Waals surface area contributed by atoms with Crippen molar-refractivity contribution in [1.82, 2.24) is 5.32 Å². The van der Waals surface area contributed by atoms with E-state index in [0.29, 0.717) is 0 Å². The molecule has 142 valence electrons. The number of barbiturate groups is 1. The van der Waals surface area contributed by atoms with Crippen molar-refractivity contribution in [3.63, 3.8) is 0 Å². The molecule has 0 atom stereocenters. The first-order valence-electron chi connectivity index (χ1n) is 8.39. The number of anilines is 1. The van der Waals surface area contributed by atoms with Gasteiger partial charge in [-0.15, -0.1) is 0 Å². The number of nitrogens with one attached hydrogen (secondary N) is 1. The fourth-order valence-electron chi connectivity index (χ4n) is 2.62. The molecule has 1 heterocycles. The third-order valence-corrected chi connectivity index (χ3v) is 3.97. The lowest BCUT2D eigenvalue weighted by molar-refractivity contribution is -0.122. The highest BCUT2D eigenvalue weighted by Gasteiger charge is 2.37. The molecule has 1 fully saturated rings. The summed E-state index contributed by atoms with van der Waals surface area (Å²) in [6, 6.07) is 10.9. The van der Waals surface area contributed by atoms with Crippen molar-refractivity contribution in [2.75, 3.05) is 11.5 Å². The summed E-state index contributed by atoms with van der Waals surface area (Å²) in [6.45, 7) is 1.90. The average Bonchev–Trinajstić information content (AvgIpc) is 2.67. The molecule has 0 unspecified atom stereocenters. The van der Waals surface area contributed by atoms with Crippen LogP contribution in [0, 0.1) is 0 Å². The standard InChI is InChI=1S/C20H16N2O6/c1-2-28-19(26)12-7-9-14(10-8-12)22-18(25)15(17(24)21-20(22)27)11-13-5-3-4-6-16(13)23/h3-11,23H,2H2,1H3,(H,21,24,27)/b15-11+. The van der Waals surface area contributed by atoms with Crippen molar-refractivity contribution in [2.45, 2.75) is 6.92 Å². The van der Waals surface area contributed by atoms with E-state index in [0.717, 1.165) is 4.90 Å². The molecule has 0 saturated carbocycles. The molecule has 0 aliphatic carbocycles. The van der Waals surface area contributed by atoms with Gasteiger partial charge in [0.25, 0.3) is 11.8 Å². The number of carbonyl (C=O) groups is 4. The van der Waals surface area contributed by atoms with Crippen LogP contribution in [0.4, 0.5) is 10.5 Å². The van der Waals surface area contributed by atoms with Gasteiger partial charge < -0.3 is 9.84 Å². The highest BCUT2D eigenvalue weighted by Crippen LogP contribution is 2.25. The number of benzene rings is 2. The number of phenolic OH excluding ortho intramolecular Hbond substituents is 1. The Balaban J connectivity index is 1.94. The number of ether oxygens (including phenoxy) is 1. The molecule has 2 aromatic rings. The summed E-state index contributed by atoms with van der Waals surface area (Å²) in [5.74, 6) is -2.35. The van der Waals surface area contributed by atoms with E-state index >= 15 is 0 Å². The molecular formula is C20H16N2O6. The number of hydrogen-bond donors (Lipinski definition) is 2. The zero-order valence-electron chi connectivity index (χ0n) is 14.8. The van der Waals surface area contributed by atoms with Gasteiger partial charge in [-0.2, -0.15) is 0 Å². The van der Waals surface area contributed by atoms with Gasteiger partial charge in [-0.1, -0.05) is 18.2 Å². The van der Waals surface area contributed by atoms with Crippen LogP contribution in [0.1, 0.15) is 22.8 Å². The molecule has 2 aromatic carbocycles. The number of imide groups is 2. The van der Waals surface area contributed by atoms with Crippen molar-refractivity contribution in [1.29, 1.82) is 0 Å². The van der Waals surface area contributed by atoms with E-state index in [4.69, 9.17) is 4.74 Å². The Labute approximate surface area is 160 Å². The number of rotatable bonds is 4.